The summed E-state index contributed by atoms with van der Waals surface area (Å²) in [5.41, 5.74) is -0.503. The SMILES string of the molecule is CCNC(=NCC1CCCCN1C(=O)OC(C)(C)C)NC1CCN(C(=O)OCC)CC1.I. The van der Waals surface area contributed by atoms with Crippen LogP contribution in [-0.4, -0.2) is 85.0 Å². The molecule has 0 aromatic carbocycles. The number of carbonyl (C=O) groups excluding carboxylic acids is 2. The molecule has 0 saturated carbocycles. The van der Waals surface area contributed by atoms with Gasteiger partial charge in [0.05, 0.1) is 19.2 Å². The van der Waals surface area contributed by atoms with Gasteiger partial charge in [0.25, 0.3) is 0 Å². The molecule has 32 heavy (non-hydrogen) atoms. The first kappa shape index (κ1) is 28.6. The molecule has 0 spiro atoms. The number of aliphatic imine (C=N–C) groups is 1. The molecule has 186 valence electrons. The van der Waals surface area contributed by atoms with Crippen molar-refractivity contribution >= 4 is 42.1 Å². The van der Waals surface area contributed by atoms with Crippen molar-refractivity contribution in [3.8, 4) is 0 Å². The molecule has 10 heteroatoms. The second-order valence-electron chi connectivity index (χ2n) is 9.15. The Bertz CT molecular complexity index is 618. The van der Waals surface area contributed by atoms with Gasteiger partial charge in [0, 0.05) is 32.2 Å². The Morgan fingerprint density at radius 1 is 1.03 bits per heavy atom. The molecule has 2 heterocycles. The quantitative estimate of drug-likeness (QED) is 0.300. The van der Waals surface area contributed by atoms with Crippen molar-refractivity contribution in [3.63, 3.8) is 0 Å². The highest BCUT2D eigenvalue weighted by molar-refractivity contribution is 14.0. The van der Waals surface area contributed by atoms with Gasteiger partial charge in [-0.25, -0.2) is 9.59 Å². The lowest BCUT2D eigenvalue weighted by Crippen LogP contribution is -2.51. The number of piperidine rings is 2. The van der Waals surface area contributed by atoms with Crippen molar-refractivity contribution in [2.24, 2.45) is 4.99 Å². The zero-order valence-electron chi connectivity index (χ0n) is 20.3. The number of rotatable bonds is 5. The van der Waals surface area contributed by atoms with Crippen LogP contribution in [0.2, 0.25) is 0 Å². The van der Waals surface area contributed by atoms with Crippen molar-refractivity contribution in [2.45, 2.75) is 84.4 Å². The van der Waals surface area contributed by atoms with Gasteiger partial charge in [-0.05, 0) is 66.7 Å². The number of hydrogen-bond acceptors (Lipinski definition) is 5. The predicted molar refractivity (Wildman–Crippen MR) is 137 cm³/mol. The van der Waals surface area contributed by atoms with Gasteiger partial charge >= 0.3 is 12.2 Å². The lowest BCUT2D eigenvalue weighted by molar-refractivity contribution is 0.0109. The maximum absolute atomic E-state index is 12.6. The number of likely N-dealkylation sites (tertiary alicyclic amines) is 2. The summed E-state index contributed by atoms with van der Waals surface area (Å²) in [5.74, 6) is 0.756. The van der Waals surface area contributed by atoms with Crippen LogP contribution in [0.1, 0.15) is 66.7 Å². The first-order chi connectivity index (χ1) is 14.7. The highest BCUT2D eigenvalue weighted by Gasteiger charge is 2.30. The van der Waals surface area contributed by atoms with Crippen LogP contribution in [0.15, 0.2) is 4.99 Å². The van der Waals surface area contributed by atoms with E-state index in [1.54, 1.807) is 4.90 Å². The van der Waals surface area contributed by atoms with Gasteiger partial charge < -0.3 is 29.9 Å². The minimum Gasteiger partial charge on any atom is -0.450 e. The predicted octanol–water partition coefficient (Wildman–Crippen LogP) is 3.57. The van der Waals surface area contributed by atoms with Gasteiger partial charge in [0.1, 0.15) is 5.60 Å². The van der Waals surface area contributed by atoms with E-state index in [4.69, 9.17) is 14.5 Å². The van der Waals surface area contributed by atoms with E-state index in [9.17, 15) is 9.59 Å². The summed E-state index contributed by atoms with van der Waals surface area (Å²) < 4.78 is 10.7. The van der Waals surface area contributed by atoms with Gasteiger partial charge in [0.2, 0.25) is 0 Å². The molecule has 0 aromatic rings. The van der Waals surface area contributed by atoms with Crippen LogP contribution in [-0.2, 0) is 9.47 Å². The molecule has 2 saturated heterocycles. The molecule has 0 radical (unpaired) electrons. The van der Waals surface area contributed by atoms with Gasteiger partial charge in [0.15, 0.2) is 5.96 Å². The fraction of sp³-hybridized carbons (Fsp3) is 0.864. The molecular weight excluding hydrogens is 525 g/mol. The summed E-state index contributed by atoms with van der Waals surface area (Å²) in [6, 6.07) is 0.293. The average molecular weight is 568 g/mol. The molecule has 2 fully saturated rings. The van der Waals surface area contributed by atoms with E-state index in [-0.39, 0.29) is 48.2 Å². The fourth-order valence-corrected chi connectivity index (χ4v) is 3.88. The molecule has 2 amide bonds. The van der Waals surface area contributed by atoms with E-state index in [2.05, 4.69) is 10.6 Å². The van der Waals surface area contributed by atoms with E-state index in [0.717, 1.165) is 44.6 Å². The highest BCUT2D eigenvalue weighted by Crippen LogP contribution is 2.21. The van der Waals surface area contributed by atoms with Crippen molar-refractivity contribution < 1.29 is 19.1 Å². The van der Waals surface area contributed by atoms with E-state index in [1.807, 2.05) is 39.5 Å². The third-order valence-corrected chi connectivity index (χ3v) is 5.42. The minimum atomic E-state index is -0.503. The fourth-order valence-electron chi connectivity index (χ4n) is 3.88. The average Bonchev–Trinajstić information content (AvgIpc) is 2.72. The van der Waals surface area contributed by atoms with Gasteiger partial charge in [-0.15, -0.1) is 24.0 Å². The second-order valence-corrected chi connectivity index (χ2v) is 9.15. The van der Waals surface area contributed by atoms with Crippen LogP contribution < -0.4 is 10.6 Å². The van der Waals surface area contributed by atoms with Crippen molar-refractivity contribution in [3.05, 3.63) is 0 Å². The topological polar surface area (TPSA) is 95.5 Å². The first-order valence-corrected chi connectivity index (χ1v) is 11.7. The smallest absolute Gasteiger partial charge is 0.410 e. The second kappa shape index (κ2) is 13.9. The van der Waals surface area contributed by atoms with Crippen molar-refractivity contribution in [2.75, 3.05) is 39.3 Å². The number of ether oxygens (including phenoxy) is 2. The van der Waals surface area contributed by atoms with Crippen LogP contribution in [0.25, 0.3) is 0 Å². The summed E-state index contributed by atoms with van der Waals surface area (Å²) >= 11 is 0. The summed E-state index contributed by atoms with van der Waals surface area (Å²) in [6.45, 7) is 13.3. The maximum Gasteiger partial charge on any atom is 0.410 e. The third kappa shape index (κ3) is 9.58. The lowest BCUT2D eigenvalue weighted by Gasteiger charge is -2.36. The summed E-state index contributed by atoms with van der Waals surface area (Å²) in [5, 5.41) is 6.80. The number of carbonyl (C=O) groups is 2. The van der Waals surface area contributed by atoms with E-state index >= 15 is 0 Å². The molecule has 2 aliphatic heterocycles. The molecule has 2 N–H and O–H groups in total. The molecule has 0 bridgehead atoms. The summed E-state index contributed by atoms with van der Waals surface area (Å²) in [4.78, 5) is 32.9. The molecular formula is C22H42IN5O4. The molecule has 9 nitrogen and oxygen atoms in total. The third-order valence-electron chi connectivity index (χ3n) is 5.42. The van der Waals surface area contributed by atoms with Crippen molar-refractivity contribution in [1.29, 1.82) is 0 Å². The monoisotopic (exact) mass is 567 g/mol. The Labute approximate surface area is 210 Å². The molecule has 1 unspecified atom stereocenters. The first-order valence-electron chi connectivity index (χ1n) is 11.7. The summed E-state index contributed by atoms with van der Waals surface area (Å²) in [7, 11) is 0. The van der Waals surface area contributed by atoms with Crippen LogP contribution >= 0.6 is 24.0 Å². The Kier molecular flexibility index (Phi) is 12.5. The molecule has 2 rings (SSSR count). The highest BCUT2D eigenvalue weighted by atomic mass is 127. The van der Waals surface area contributed by atoms with Crippen LogP contribution in [0.4, 0.5) is 9.59 Å². The minimum absolute atomic E-state index is 0. The molecule has 0 aliphatic carbocycles. The molecule has 0 aromatic heterocycles. The number of hydrogen-bond donors (Lipinski definition) is 2. The van der Waals surface area contributed by atoms with Crippen LogP contribution in [0.3, 0.4) is 0 Å². The van der Waals surface area contributed by atoms with Crippen LogP contribution in [0.5, 0.6) is 0 Å². The standard InChI is InChI=1S/C22H41N5O4.HI/c1-6-23-19(25-17-11-14-26(15-12-17)20(28)30-7-2)24-16-18-10-8-9-13-27(18)21(29)31-22(3,4)5;/h17-18H,6-16H2,1-5H3,(H2,23,24,25);1H. The number of halogens is 1. The van der Waals surface area contributed by atoms with E-state index < -0.39 is 5.60 Å². The van der Waals surface area contributed by atoms with Gasteiger partial charge in [-0.3, -0.25) is 4.99 Å². The van der Waals surface area contributed by atoms with Crippen molar-refractivity contribution in [1.82, 2.24) is 20.4 Å². The normalized spacial score (nSPS) is 20.3. The molecule has 2 aliphatic rings. The maximum atomic E-state index is 12.6. The Morgan fingerprint density at radius 3 is 2.31 bits per heavy atom. The Morgan fingerprint density at radius 2 is 1.72 bits per heavy atom. The largest absolute Gasteiger partial charge is 0.450 e. The molecule has 1 atom stereocenters. The number of nitrogens with one attached hydrogen (secondary N) is 2. The lowest BCUT2D eigenvalue weighted by atomic mass is 10.0. The zero-order valence-corrected chi connectivity index (χ0v) is 22.6. The van der Waals surface area contributed by atoms with E-state index in [0.29, 0.717) is 32.8 Å². The van der Waals surface area contributed by atoms with Crippen LogP contribution in [0, 0.1) is 0 Å². The van der Waals surface area contributed by atoms with E-state index in [1.165, 1.54) is 0 Å². The number of guanidine groups is 1. The van der Waals surface area contributed by atoms with Gasteiger partial charge in [-0.1, -0.05) is 0 Å². The Hall–Kier alpha value is -1.46. The Balaban J connectivity index is 0.00000512. The summed E-state index contributed by atoms with van der Waals surface area (Å²) in [6.07, 6.45) is 4.22. The zero-order chi connectivity index (χ0) is 22.9. The number of nitrogens with zero attached hydrogens (tertiary/aromatic N) is 3. The number of amides is 2. The van der Waals surface area contributed by atoms with Gasteiger partial charge in [-0.2, -0.15) is 0 Å².